The summed E-state index contributed by atoms with van der Waals surface area (Å²) in [4.78, 5) is 10.4. The summed E-state index contributed by atoms with van der Waals surface area (Å²) in [7, 11) is 3.19. The summed E-state index contributed by atoms with van der Waals surface area (Å²) in [5.41, 5.74) is 1.79. The average molecular weight is 206 g/mol. The van der Waals surface area contributed by atoms with Gasteiger partial charge in [0, 0.05) is 6.07 Å². The Morgan fingerprint density at radius 2 is 1.67 bits per heavy atom. The van der Waals surface area contributed by atoms with Gasteiger partial charge < -0.3 is 9.47 Å². The third-order valence-electron chi connectivity index (χ3n) is 2.12. The molecule has 1 aromatic rings. The largest absolute Gasteiger partial charge is 0.497 e. The van der Waals surface area contributed by atoms with Crippen LogP contribution in [-0.4, -0.2) is 20.5 Å². The Balaban J connectivity index is 3.17. The fourth-order valence-corrected chi connectivity index (χ4v) is 1.23. The third-order valence-corrected chi connectivity index (χ3v) is 2.12. The van der Waals surface area contributed by atoms with Gasteiger partial charge in [-0.25, -0.2) is 0 Å². The third kappa shape index (κ3) is 2.84. The van der Waals surface area contributed by atoms with Gasteiger partial charge in [-0.2, -0.15) is 0 Å². The van der Waals surface area contributed by atoms with Crippen molar-refractivity contribution in [3.05, 3.63) is 29.8 Å². The van der Waals surface area contributed by atoms with Gasteiger partial charge in [-0.1, -0.05) is 0 Å². The number of carbonyl (C=O) groups is 1. The molecular weight excluding hydrogens is 192 g/mol. The molecule has 15 heavy (non-hydrogen) atoms. The van der Waals surface area contributed by atoms with Gasteiger partial charge in [0.1, 0.15) is 17.8 Å². The van der Waals surface area contributed by atoms with E-state index in [1.54, 1.807) is 20.3 Å². The Hall–Kier alpha value is -1.77. The van der Waals surface area contributed by atoms with Crippen LogP contribution in [0.3, 0.4) is 0 Å². The maximum Gasteiger partial charge on any atom is 0.143 e. The second-order valence-electron chi connectivity index (χ2n) is 3.09. The first-order valence-electron chi connectivity index (χ1n) is 4.56. The molecule has 0 heterocycles. The Labute approximate surface area is 89.3 Å². The van der Waals surface area contributed by atoms with Crippen LogP contribution in [0.1, 0.15) is 12.5 Å². The molecule has 0 spiro atoms. The molecule has 0 radical (unpaired) electrons. The molecule has 1 rings (SSSR count). The fraction of sp³-hybridized carbons (Fsp3) is 0.250. The first-order chi connectivity index (χ1) is 7.21. The fourth-order valence-electron chi connectivity index (χ4n) is 1.23. The average Bonchev–Trinajstić information content (AvgIpc) is 2.28. The molecule has 0 bridgehead atoms. The summed E-state index contributed by atoms with van der Waals surface area (Å²) in [6.45, 7) is 1.86. The van der Waals surface area contributed by atoms with Crippen molar-refractivity contribution in [3.8, 4) is 11.5 Å². The van der Waals surface area contributed by atoms with Crippen LogP contribution in [0, 0.1) is 0 Å². The highest BCUT2D eigenvalue weighted by Gasteiger charge is 2.02. The van der Waals surface area contributed by atoms with E-state index in [1.165, 1.54) is 6.08 Å². The molecule has 3 nitrogen and oxygen atoms in total. The summed E-state index contributed by atoms with van der Waals surface area (Å²) < 4.78 is 10.3. The monoisotopic (exact) mass is 206 g/mol. The van der Waals surface area contributed by atoms with Crippen LogP contribution < -0.4 is 9.47 Å². The van der Waals surface area contributed by atoms with Crippen molar-refractivity contribution in [2.75, 3.05) is 14.2 Å². The first-order valence-corrected chi connectivity index (χ1v) is 4.56. The lowest BCUT2D eigenvalue weighted by molar-refractivity contribution is -0.104. The van der Waals surface area contributed by atoms with E-state index in [-0.39, 0.29) is 0 Å². The molecule has 0 aliphatic heterocycles. The highest BCUT2D eigenvalue weighted by molar-refractivity contribution is 5.81. The van der Waals surface area contributed by atoms with E-state index in [2.05, 4.69) is 0 Å². The summed E-state index contributed by atoms with van der Waals surface area (Å²) in [5, 5.41) is 0. The van der Waals surface area contributed by atoms with E-state index in [0.717, 1.165) is 17.4 Å². The standard InChI is InChI=1S/C12H14O3/c1-9(4-5-13)10-6-11(14-2)8-12(7-10)15-3/h4-8H,1-3H3/b9-4+. The number of allylic oxidation sites excluding steroid dienone is 2. The van der Waals surface area contributed by atoms with Crippen LogP contribution in [0.25, 0.3) is 5.57 Å². The van der Waals surface area contributed by atoms with Crippen LogP contribution in [-0.2, 0) is 4.79 Å². The highest BCUT2D eigenvalue weighted by atomic mass is 16.5. The predicted octanol–water partition coefficient (Wildman–Crippen LogP) is 2.31. The molecule has 0 atom stereocenters. The molecule has 0 fully saturated rings. The summed E-state index contributed by atoms with van der Waals surface area (Å²) in [6, 6.07) is 5.51. The molecule has 0 saturated heterocycles. The number of ether oxygens (including phenoxy) is 2. The predicted molar refractivity (Wildman–Crippen MR) is 59.3 cm³/mol. The van der Waals surface area contributed by atoms with E-state index in [9.17, 15) is 4.79 Å². The van der Waals surface area contributed by atoms with Crippen molar-refractivity contribution in [1.29, 1.82) is 0 Å². The van der Waals surface area contributed by atoms with Gasteiger partial charge >= 0.3 is 0 Å². The van der Waals surface area contributed by atoms with Crippen LogP contribution in [0.15, 0.2) is 24.3 Å². The first kappa shape index (κ1) is 11.3. The Morgan fingerprint density at radius 1 is 1.13 bits per heavy atom. The second-order valence-corrected chi connectivity index (χ2v) is 3.09. The second kappa shape index (κ2) is 5.20. The maximum absolute atomic E-state index is 10.4. The van der Waals surface area contributed by atoms with Gasteiger partial charge in [-0.05, 0) is 36.3 Å². The van der Waals surface area contributed by atoms with E-state index in [4.69, 9.17) is 9.47 Å². The molecular formula is C12H14O3. The van der Waals surface area contributed by atoms with Crippen molar-refractivity contribution >= 4 is 11.9 Å². The molecule has 0 aliphatic carbocycles. The molecule has 0 saturated carbocycles. The van der Waals surface area contributed by atoms with Crippen LogP contribution in [0.2, 0.25) is 0 Å². The minimum absolute atomic E-state index is 0.711. The van der Waals surface area contributed by atoms with Crippen LogP contribution in [0.4, 0.5) is 0 Å². The van der Waals surface area contributed by atoms with Gasteiger partial charge in [0.05, 0.1) is 14.2 Å². The smallest absolute Gasteiger partial charge is 0.143 e. The van der Waals surface area contributed by atoms with Gasteiger partial charge in [0.25, 0.3) is 0 Å². The summed E-state index contributed by atoms with van der Waals surface area (Å²) in [5.74, 6) is 1.42. The minimum atomic E-state index is 0.711. The number of methoxy groups -OCH3 is 2. The normalized spacial score (nSPS) is 11.0. The molecule has 0 N–H and O–H groups in total. The topological polar surface area (TPSA) is 35.5 Å². The molecule has 1 aromatic carbocycles. The van der Waals surface area contributed by atoms with Crippen molar-refractivity contribution in [1.82, 2.24) is 0 Å². The highest BCUT2D eigenvalue weighted by Crippen LogP contribution is 2.26. The summed E-state index contributed by atoms with van der Waals surface area (Å²) in [6.07, 6.45) is 2.27. The number of aldehydes is 1. The Morgan fingerprint density at radius 3 is 2.07 bits per heavy atom. The van der Waals surface area contributed by atoms with Crippen LogP contribution in [0.5, 0.6) is 11.5 Å². The Kier molecular flexibility index (Phi) is 3.92. The number of benzene rings is 1. The van der Waals surface area contributed by atoms with Crippen molar-refractivity contribution in [2.45, 2.75) is 6.92 Å². The number of carbonyl (C=O) groups excluding carboxylic acids is 1. The maximum atomic E-state index is 10.4. The number of hydrogen-bond donors (Lipinski definition) is 0. The molecule has 0 unspecified atom stereocenters. The zero-order chi connectivity index (χ0) is 11.3. The van der Waals surface area contributed by atoms with E-state index in [1.807, 2.05) is 19.1 Å². The number of hydrogen-bond acceptors (Lipinski definition) is 3. The van der Waals surface area contributed by atoms with E-state index < -0.39 is 0 Å². The van der Waals surface area contributed by atoms with E-state index >= 15 is 0 Å². The Bertz CT molecular complexity index is 358. The quantitative estimate of drug-likeness (QED) is 0.560. The van der Waals surface area contributed by atoms with Crippen molar-refractivity contribution < 1.29 is 14.3 Å². The SMILES string of the molecule is COc1cc(OC)cc(/C(C)=C/C=O)c1. The van der Waals surface area contributed by atoms with Crippen LogP contribution >= 0.6 is 0 Å². The summed E-state index contributed by atoms with van der Waals surface area (Å²) >= 11 is 0. The lowest BCUT2D eigenvalue weighted by Gasteiger charge is -2.08. The lowest BCUT2D eigenvalue weighted by atomic mass is 10.1. The minimum Gasteiger partial charge on any atom is -0.497 e. The zero-order valence-electron chi connectivity index (χ0n) is 9.11. The molecule has 0 aliphatic rings. The molecule has 80 valence electrons. The van der Waals surface area contributed by atoms with Gasteiger partial charge in [-0.15, -0.1) is 0 Å². The molecule has 0 amide bonds. The van der Waals surface area contributed by atoms with Gasteiger partial charge in [0.2, 0.25) is 0 Å². The molecule has 0 aromatic heterocycles. The van der Waals surface area contributed by atoms with Crippen molar-refractivity contribution in [2.24, 2.45) is 0 Å². The lowest BCUT2D eigenvalue weighted by Crippen LogP contribution is -1.90. The van der Waals surface area contributed by atoms with Crippen molar-refractivity contribution in [3.63, 3.8) is 0 Å². The van der Waals surface area contributed by atoms with Gasteiger partial charge in [-0.3, -0.25) is 4.79 Å². The van der Waals surface area contributed by atoms with Gasteiger partial charge in [0.15, 0.2) is 0 Å². The zero-order valence-corrected chi connectivity index (χ0v) is 9.11. The van der Waals surface area contributed by atoms with E-state index in [0.29, 0.717) is 11.5 Å². The number of rotatable bonds is 4. The molecule has 3 heteroatoms.